The molecular weight excluding hydrogens is 405 g/mol. The Labute approximate surface area is 183 Å². The minimum absolute atomic E-state index is 0. The molecule has 30 heavy (non-hydrogen) atoms. The van der Waals surface area contributed by atoms with Gasteiger partial charge in [-0.1, -0.05) is 25.0 Å². The summed E-state index contributed by atoms with van der Waals surface area (Å²) in [6.45, 7) is 3.44. The predicted octanol–water partition coefficient (Wildman–Crippen LogP) is 2.56. The van der Waals surface area contributed by atoms with E-state index < -0.39 is 0 Å². The third kappa shape index (κ3) is 4.85. The molecule has 0 bridgehead atoms. The van der Waals surface area contributed by atoms with Gasteiger partial charge in [-0.05, 0) is 30.5 Å². The molecule has 1 saturated carbocycles. The van der Waals surface area contributed by atoms with E-state index in [0.29, 0.717) is 13.1 Å². The lowest BCUT2D eigenvalue weighted by atomic mass is 9.79. The van der Waals surface area contributed by atoms with Crippen molar-refractivity contribution in [1.29, 1.82) is 0 Å². The van der Waals surface area contributed by atoms with Gasteiger partial charge >= 0.3 is 0 Å². The van der Waals surface area contributed by atoms with E-state index in [2.05, 4.69) is 20.5 Å². The highest BCUT2D eigenvalue weighted by Gasteiger charge is 2.36. The summed E-state index contributed by atoms with van der Waals surface area (Å²) < 4.78 is 15.4. The Kier molecular flexibility index (Phi) is 7.50. The first-order chi connectivity index (χ1) is 14.1. The van der Waals surface area contributed by atoms with Gasteiger partial charge in [0.1, 0.15) is 11.6 Å². The summed E-state index contributed by atoms with van der Waals surface area (Å²) in [6.07, 6.45) is 8.09. The lowest BCUT2D eigenvalue weighted by molar-refractivity contribution is -0.123. The molecule has 1 saturated heterocycles. The van der Waals surface area contributed by atoms with E-state index in [9.17, 15) is 9.18 Å². The Morgan fingerprint density at radius 2 is 2.03 bits per heavy atom. The van der Waals surface area contributed by atoms with Crippen molar-refractivity contribution in [3.8, 4) is 0 Å². The second-order valence-corrected chi connectivity index (χ2v) is 8.36. The van der Waals surface area contributed by atoms with Crippen molar-refractivity contribution >= 4 is 18.3 Å². The standard InChI is InChI=1S/C22H30FN5O.ClH/c1-27-12-11-25-21(27)19-14-24-10-13-28(19)15-20(29)26-16-22(8-2-3-9-22)17-4-6-18(23)7-5-17;/h4-7,11-12,19,24H,2-3,8-10,13-16H2,1H3,(H,26,29);1H. The lowest BCUT2D eigenvalue weighted by Gasteiger charge is -2.36. The number of hydrogen-bond donors (Lipinski definition) is 2. The number of amides is 1. The molecule has 2 N–H and O–H groups in total. The van der Waals surface area contributed by atoms with Crippen molar-refractivity contribution in [3.63, 3.8) is 0 Å². The van der Waals surface area contributed by atoms with Gasteiger partial charge < -0.3 is 15.2 Å². The second kappa shape index (κ2) is 9.90. The topological polar surface area (TPSA) is 62.2 Å². The number of benzene rings is 1. The molecule has 2 aromatic rings. The summed E-state index contributed by atoms with van der Waals surface area (Å²) in [5.41, 5.74) is 1.05. The predicted molar refractivity (Wildman–Crippen MR) is 117 cm³/mol. The number of halogens is 2. The first kappa shape index (κ1) is 22.7. The van der Waals surface area contributed by atoms with E-state index in [4.69, 9.17) is 0 Å². The van der Waals surface area contributed by atoms with E-state index in [0.717, 1.165) is 56.7 Å². The molecule has 1 aromatic heterocycles. The van der Waals surface area contributed by atoms with E-state index in [-0.39, 0.29) is 35.6 Å². The molecule has 2 fully saturated rings. The Morgan fingerprint density at radius 3 is 2.70 bits per heavy atom. The van der Waals surface area contributed by atoms with Crippen LogP contribution in [0.4, 0.5) is 4.39 Å². The smallest absolute Gasteiger partial charge is 0.234 e. The van der Waals surface area contributed by atoms with Gasteiger partial charge in [-0.3, -0.25) is 9.69 Å². The van der Waals surface area contributed by atoms with Crippen molar-refractivity contribution < 1.29 is 9.18 Å². The number of nitrogens with zero attached hydrogens (tertiary/aromatic N) is 3. The fourth-order valence-electron chi connectivity index (χ4n) is 4.82. The maximum absolute atomic E-state index is 13.4. The zero-order valence-corrected chi connectivity index (χ0v) is 18.3. The Morgan fingerprint density at radius 1 is 1.30 bits per heavy atom. The number of nitrogens with one attached hydrogen (secondary N) is 2. The molecule has 0 radical (unpaired) electrons. The molecular formula is C22H31ClFN5O. The maximum Gasteiger partial charge on any atom is 0.234 e. The molecule has 0 spiro atoms. The average Bonchev–Trinajstić information content (AvgIpc) is 3.37. The van der Waals surface area contributed by atoms with E-state index in [1.807, 2.05) is 29.9 Å². The number of hydrogen-bond acceptors (Lipinski definition) is 4. The van der Waals surface area contributed by atoms with Crippen molar-refractivity contribution in [2.75, 3.05) is 32.7 Å². The first-order valence-electron chi connectivity index (χ1n) is 10.5. The molecule has 2 aliphatic rings. The second-order valence-electron chi connectivity index (χ2n) is 8.36. The number of rotatable bonds is 6. The van der Waals surface area contributed by atoms with Gasteiger partial charge in [0.2, 0.25) is 5.91 Å². The highest BCUT2D eigenvalue weighted by atomic mass is 35.5. The highest BCUT2D eigenvalue weighted by Crippen LogP contribution is 2.40. The Hall–Kier alpha value is -1.96. The van der Waals surface area contributed by atoms with E-state index in [1.54, 1.807) is 6.20 Å². The molecule has 1 unspecified atom stereocenters. The SMILES string of the molecule is Cl.Cn1ccnc1C1CNCCN1CC(=O)NCC1(c2ccc(F)cc2)CCCC1. The van der Waals surface area contributed by atoms with Gasteiger partial charge in [0.05, 0.1) is 12.6 Å². The molecule has 1 aliphatic heterocycles. The molecule has 164 valence electrons. The summed E-state index contributed by atoms with van der Waals surface area (Å²) in [7, 11) is 1.99. The monoisotopic (exact) mass is 435 g/mol. The van der Waals surface area contributed by atoms with Crippen LogP contribution in [0.3, 0.4) is 0 Å². The van der Waals surface area contributed by atoms with Gasteiger partial charge in [0, 0.05) is 51.0 Å². The van der Waals surface area contributed by atoms with Crippen LogP contribution in [-0.4, -0.2) is 53.1 Å². The molecule has 2 heterocycles. The molecule has 4 rings (SSSR count). The van der Waals surface area contributed by atoms with Crippen LogP contribution in [0.5, 0.6) is 0 Å². The van der Waals surface area contributed by atoms with Crippen LogP contribution in [-0.2, 0) is 17.3 Å². The molecule has 1 amide bonds. The quantitative estimate of drug-likeness (QED) is 0.732. The van der Waals surface area contributed by atoms with E-state index in [1.165, 1.54) is 12.1 Å². The van der Waals surface area contributed by atoms with Crippen molar-refractivity contribution in [1.82, 2.24) is 25.1 Å². The average molecular weight is 436 g/mol. The number of imidazole rings is 1. The number of piperazine rings is 1. The Balaban J connectivity index is 0.00000256. The van der Waals surface area contributed by atoms with Crippen LogP contribution < -0.4 is 10.6 Å². The largest absolute Gasteiger partial charge is 0.354 e. The summed E-state index contributed by atoms with van der Waals surface area (Å²) in [5, 5.41) is 6.59. The number of carbonyl (C=O) groups is 1. The summed E-state index contributed by atoms with van der Waals surface area (Å²) in [4.78, 5) is 19.5. The molecule has 1 atom stereocenters. The summed E-state index contributed by atoms with van der Waals surface area (Å²) in [6, 6.07) is 6.89. The van der Waals surface area contributed by atoms with Crippen LogP contribution >= 0.6 is 12.4 Å². The minimum atomic E-state index is -0.218. The van der Waals surface area contributed by atoms with E-state index >= 15 is 0 Å². The number of aryl methyl sites for hydroxylation is 1. The fraction of sp³-hybridized carbons (Fsp3) is 0.545. The fourth-order valence-corrected chi connectivity index (χ4v) is 4.82. The van der Waals surface area contributed by atoms with Crippen molar-refractivity contribution in [2.45, 2.75) is 37.1 Å². The zero-order valence-electron chi connectivity index (χ0n) is 17.4. The zero-order chi connectivity index (χ0) is 20.3. The highest BCUT2D eigenvalue weighted by molar-refractivity contribution is 5.85. The van der Waals surface area contributed by atoms with Crippen molar-refractivity contribution in [2.24, 2.45) is 7.05 Å². The molecule has 6 nitrogen and oxygen atoms in total. The van der Waals surface area contributed by atoms with Gasteiger partial charge in [-0.2, -0.15) is 0 Å². The lowest BCUT2D eigenvalue weighted by Crippen LogP contribution is -2.51. The van der Waals surface area contributed by atoms with Gasteiger partial charge in [-0.25, -0.2) is 9.37 Å². The normalized spacial score (nSPS) is 21.2. The number of carbonyl (C=O) groups excluding carboxylic acids is 1. The van der Waals surface area contributed by atoms with Crippen LogP contribution in [0.2, 0.25) is 0 Å². The molecule has 1 aliphatic carbocycles. The maximum atomic E-state index is 13.4. The van der Waals surface area contributed by atoms with Gasteiger partial charge in [-0.15, -0.1) is 12.4 Å². The number of aromatic nitrogens is 2. The van der Waals surface area contributed by atoms with Crippen molar-refractivity contribution in [3.05, 3.63) is 53.9 Å². The van der Waals surface area contributed by atoms with Crippen LogP contribution in [0.1, 0.15) is 43.1 Å². The van der Waals surface area contributed by atoms with Gasteiger partial charge in [0.25, 0.3) is 0 Å². The molecule has 1 aromatic carbocycles. The third-order valence-corrected chi connectivity index (χ3v) is 6.50. The Bertz CT molecular complexity index is 834. The molecule has 8 heteroatoms. The third-order valence-electron chi connectivity index (χ3n) is 6.50. The first-order valence-corrected chi connectivity index (χ1v) is 10.5. The van der Waals surface area contributed by atoms with Crippen LogP contribution in [0.15, 0.2) is 36.7 Å². The summed E-state index contributed by atoms with van der Waals surface area (Å²) >= 11 is 0. The minimum Gasteiger partial charge on any atom is -0.354 e. The van der Waals surface area contributed by atoms with Crippen LogP contribution in [0.25, 0.3) is 0 Å². The van der Waals surface area contributed by atoms with Crippen LogP contribution in [0, 0.1) is 5.82 Å². The summed E-state index contributed by atoms with van der Waals surface area (Å²) in [5.74, 6) is 0.799. The van der Waals surface area contributed by atoms with Gasteiger partial charge in [0.15, 0.2) is 0 Å².